The van der Waals surface area contributed by atoms with E-state index in [9.17, 15) is 0 Å². The van der Waals surface area contributed by atoms with E-state index in [1.807, 2.05) is 0 Å². The molecule has 0 nitrogen and oxygen atoms in total. The molecule has 70 valence electrons. The van der Waals surface area contributed by atoms with Crippen LogP contribution in [0, 0.1) is 10.8 Å². The molecule has 0 heteroatoms. The van der Waals surface area contributed by atoms with E-state index < -0.39 is 0 Å². The fourth-order valence-corrected chi connectivity index (χ4v) is 5.12. The average Bonchev–Trinajstić information content (AvgIpc) is 3.08. The van der Waals surface area contributed by atoms with Gasteiger partial charge in [0.2, 0.25) is 0 Å². The van der Waals surface area contributed by atoms with Gasteiger partial charge in [0.25, 0.3) is 0 Å². The highest BCUT2D eigenvalue weighted by Gasteiger charge is 3.11. The Bertz CT molecular complexity index is 617. The predicted octanol–water partition coefficient (Wildman–Crippen LogP) is 3.42. The molecule has 0 unspecified atom stereocenters. The van der Waals surface area contributed by atoms with Crippen LogP contribution in [0.15, 0.2) is 36.4 Å². The fraction of sp³-hybridized carbons (Fsp3) is 0.333. The van der Waals surface area contributed by atoms with Crippen LogP contribution in [0.3, 0.4) is 0 Å². The van der Waals surface area contributed by atoms with Gasteiger partial charge in [-0.1, -0.05) is 36.4 Å². The summed E-state index contributed by atoms with van der Waals surface area (Å²) >= 11 is 0. The summed E-state index contributed by atoms with van der Waals surface area (Å²) in [6.45, 7) is 0. The molecule has 0 atom stereocenters. The molecule has 2 bridgehead atoms. The first-order chi connectivity index (χ1) is 7.41. The zero-order valence-electron chi connectivity index (χ0n) is 8.33. The average molecular weight is 190 g/mol. The minimum atomic E-state index is 0.815. The number of hydrogen-bond donors (Lipinski definition) is 0. The monoisotopic (exact) mass is 190 g/mol. The van der Waals surface area contributed by atoms with Crippen molar-refractivity contribution >= 4 is 10.8 Å². The van der Waals surface area contributed by atoms with Gasteiger partial charge in [-0.3, -0.25) is 0 Å². The summed E-state index contributed by atoms with van der Waals surface area (Å²) in [5, 5.41) is 3.07. The minimum absolute atomic E-state index is 0.815. The highest BCUT2D eigenvalue weighted by molar-refractivity contribution is 5.98. The summed E-state index contributed by atoms with van der Waals surface area (Å²) in [7, 11) is 0. The van der Waals surface area contributed by atoms with Crippen LogP contribution >= 0.6 is 0 Å². The standard InChI is InChI=1S/C15H10/c1-3-8-4-2-6-10-11(8)9(5-1)12-14-7-15(12,14)13(10)14/h1-6,12-13H,7H2. The van der Waals surface area contributed by atoms with Gasteiger partial charge >= 0.3 is 0 Å². The van der Waals surface area contributed by atoms with Gasteiger partial charge in [0.1, 0.15) is 0 Å². The number of benzene rings is 2. The maximum absolute atomic E-state index is 2.38. The van der Waals surface area contributed by atoms with Gasteiger partial charge in [-0.05, 0) is 51.0 Å². The van der Waals surface area contributed by atoms with Crippen LogP contribution in [0.5, 0.6) is 0 Å². The van der Waals surface area contributed by atoms with Crippen LogP contribution in [0.4, 0.5) is 0 Å². The molecule has 5 aliphatic rings. The van der Waals surface area contributed by atoms with Crippen LogP contribution in [0.25, 0.3) is 10.8 Å². The van der Waals surface area contributed by atoms with E-state index in [4.69, 9.17) is 0 Å². The Morgan fingerprint density at radius 2 is 1.47 bits per heavy atom. The van der Waals surface area contributed by atoms with Gasteiger partial charge in [0.15, 0.2) is 0 Å². The molecule has 0 amide bonds. The maximum Gasteiger partial charge on any atom is -0.00184 e. The van der Waals surface area contributed by atoms with Crippen molar-refractivity contribution in [1.29, 1.82) is 0 Å². The Morgan fingerprint density at radius 3 is 2.00 bits per heavy atom. The fourth-order valence-electron chi connectivity index (χ4n) is 5.12. The summed E-state index contributed by atoms with van der Waals surface area (Å²) < 4.78 is 0. The van der Waals surface area contributed by atoms with Gasteiger partial charge in [-0.25, -0.2) is 0 Å². The molecule has 3 saturated carbocycles. The van der Waals surface area contributed by atoms with Crippen molar-refractivity contribution in [2.75, 3.05) is 0 Å². The van der Waals surface area contributed by atoms with Crippen molar-refractivity contribution in [3.8, 4) is 0 Å². The van der Waals surface area contributed by atoms with Gasteiger partial charge < -0.3 is 0 Å². The Morgan fingerprint density at radius 1 is 0.867 bits per heavy atom. The zero-order valence-corrected chi connectivity index (χ0v) is 8.33. The molecule has 0 aromatic heterocycles. The lowest BCUT2D eigenvalue weighted by Crippen LogP contribution is -2.24. The molecule has 0 aliphatic heterocycles. The third kappa shape index (κ3) is 0.358. The molecule has 3 fully saturated rings. The molecule has 0 saturated heterocycles. The van der Waals surface area contributed by atoms with Gasteiger partial charge in [-0.2, -0.15) is 0 Å². The highest BCUT2D eigenvalue weighted by Crippen LogP contribution is 3.19. The third-order valence-electron chi connectivity index (χ3n) is 5.81. The molecule has 0 N–H and O–H groups in total. The second-order valence-electron chi connectivity index (χ2n) is 5.92. The van der Waals surface area contributed by atoms with Crippen molar-refractivity contribution in [3.05, 3.63) is 47.5 Å². The summed E-state index contributed by atoms with van der Waals surface area (Å²) in [5.41, 5.74) is 4.99. The molecule has 7 rings (SSSR count). The van der Waals surface area contributed by atoms with Gasteiger partial charge in [0.05, 0.1) is 0 Å². The molecular formula is C15H10. The molecule has 15 heavy (non-hydrogen) atoms. The number of hydrogen-bond acceptors (Lipinski definition) is 0. The SMILES string of the molecule is c1cc2c3c(cccc3c1)C1C34CC13C24. The smallest absolute Gasteiger partial charge is 0.00184 e. The predicted molar refractivity (Wildman–Crippen MR) is 58.9 cm³/mol. The summed E-state index contributed by atoms with van der Waals surface area (Å²) in [4.78, 5) is 0. The second kappa shape index (κ2) is 1.36. The van der Waals surface area contributed by atoms with Gasteiger partial charge in [-0.15, -0.1) is 0 Å². The van der Waals surface area contributed by atoms with Crippen LogP contribution < -0.4 is 0 Å². The molecule has 2 aromatic rings. The Balaban J connectivity index is 1.90. The van der Waals surface area contributed by atoms with Crippen molar-refractivity contribution < 1.29 is 0 Å². The highest BCUT2D eigenvalue weighted by atomic mass is 15.1. The van der Waals surface area contributed by atoms with Crippen molar-refractivity contribution in [2.24, 2.45) is 10.8 Å². The summed E-state index contributed by atoms with van der Waals surface area (Å²) in [6.07, 6.45) is 1.54. The topological polar surface area (TPSA) is 0 Å². The zero-order chi connectivity index (χ0) is 9.41. The lowest BCUT2D eigenvalue weighted by molar-refractivity contribution is 0.345. The van der Waals surface area contributed by atoms with Crippen LogP contribution in [-0.2, 0) is 0 Å². The van der Waals surface area contributed by atoms with E-state index in [1.54, 1.807) is 22.9 Å². The first kappa shape index (κ1) is 6.32. The normalized spacial score (nSPS) is 49.6. The van der Waals surface area contributed by atoms with E-state index in [-0.39, 0.29) is 0 Å². The summed E-state index contributed by atoms with van der Waals surface area (Å²) in [6, 6.07) is 13.8. The maximum atomic E-state index is 2.38. The van der Waals surface area contributed by atoms with Crippen molar-refractivity contribution in [1.82, 2.24) is 0 Å². The van der Waals surface area contributed by atoms with E-state index in [2.05, 4.69) is 36.4 Å². The van der Waals surface area contributed by atoms with Crippen molar-refractivity contribution in [3.63, 3.8) is 0 Å². The first-order valence-electron chi connectivity index (χ1n) is 5.93. The Labute approximate surface area is 87.9 Å². The van der Waals surface area contributed by atoms with Gasteiger partial charge in [0, 0.05) is 0 Å². The lowest BCUT2D eigenvalue weighted by Gasteiger charge is -2.37. The second-order valence-corrected chi connectivity index (χ2v) is 5.92. The van der Waals surface area contributed by atoms with E-state index in [0.717, 1.165) is 22.7 Å². The Kier molecular flexibility index (Phi) is 0.575. The molecule has 2 spiro atoms. The van der Waals surface area contributed by atoms with Crippen molar-refractivity contribution in [2.45, 2.75) is 18.3 Å². The molecule has 0 radical (unpaired) electrons. The molecule has 5 aliphatic carbocycles. The van der Waals surface area contributed by atoms with E-state index in [1.165, 1.54) is 5.39 Å². The molecular weight excluding hydrogens is 180 g/mol. The molecule has 2 aromatic carbocycles. The van der Waals surface area contributed by atoms with E-state index >= 15 is 0 Å². The quantitative estimate of drug-likeness (QED) is 0.597. The van der Waals surface area contributed by atoms with Crippen LogP contribution in [0.2, 0.25) is 0 Å². The minimum Gasteiger partial charge on any atom is -0.0613 e. The molecule has 0 heterocycles. The largest absolute Gasteiger partial charge is 0.0613 e. The van der Waals surface area contributed by atoms with E-state index in [0.29, 0.717) is 0 Å². The first-order valence-corrected chi connectivity index (χ1v) is 5.93. The van der Waals surface area contributed by atoms with Crippen LogP contribution in [-0.4, -0.2) is 0 Å². The Hall–Kier alpha value is -1.30. The lowest BCUT2D eigenvalue weighted by atomic mass is 9.66. The number of rotatable bonds is 0. The summed E-state index contributed by atoms with van der Waals surface area (Å²) in [5.74, 6) is 1.96. The van der Waals surface area contributed by atoms with Crippen LogP contribution in [0.1, 0.15) is 29.4 Å². The third-order valence-corrected chi connectivity index (χ3v) is 5.81.